The minimum absolute atomic E-state index is 0.120. The van der Waals surface area contributed by atoms with E-state index in [-0.39, 0.29) is 11.9 Å². The highest BCUT2D eigenvalue weighted by molar-refractivity contribution is 7.99. The van der Waals surface area contributed by atoms with E-state index in [9.17, 15) is 4.79 Å². The smallest absolute Gasteiger partial charge is 0.240 e. The number of anilines is 1. The summed E-state index contributed by atoms with van der Waals surface area (Å²) in [6.45, 7) is 3.70. The number of nitrogens with two attached hydrogens (primary N) is 1. The standard InChI is InChI=1S/C22H32N6OS/c23-20(21(29)27-14-15-30-17-27)9-5-4-6-18-16-26(12-10-24-18)22-25-11-13-28(22)19-7-2-1-3-8-19/h1-3,7-8,11,13,18,20,24H,4-6,9-10,12,14-17,23H2/t18?,20-/m0/s1. The summed E-state index contributed by atoms with van der Waals surface area (Å²) in [6.07, 6.45) is 7.83. The van der Waals surface area contributed by atoms with E-state index < -0.39 is 0 Å². The maximum Gasteiger partial charge on any atom is 0.240 e. The van der Waals surface area contributed by atoms with E-state index in [1.807, 2.05) is 23.4 Å². The molecule has 3 heterocycles. The average molecular weight is 429 g/mol. The van der Waals surface area contributed by atoms with E-state index in [2.05, 4.69) is 44.0 Å². The number of nitrogens with zero attached hydrogens (tertiary/aromatic N) is 4. The largest absolute Gasteiger partial charge is 0.339 e. The maximum atomic E-state index is 12.3. The third-order valence-electron chi connectivity index (χ3n) is 5.89. The van der Waals surface area contributed by atoms with Gasteiger partial charge in [0.2, 0.25) is 11.9 Å². The first-order valence-electron chi connectivity index (χ1n) is 10.9. The number of thioether (sulfide) groups is 1. The third kappa shape index (κ3) is 5.17. The number of carbonyl (C=O) groups is 1. The molecule has 2 fully saturated rings. The van der Waals surface area contributed by atoms with Gasteiger partial charge in [0.25, 0.3) is 0 Å². The molecule has 1 amide bonds. The summed E-state index contributed by atoms with van der Waals surface area (Å²) in [5.41, 5.74) is 7.27. The molecular formula is C22H32N6OS. The first-order chi connectivity index (χ1) is 14.7. The summed E-state index contributed by atoms with van der Waals surface area (Å²) < 4.78 is 2.16. The third-order valence-corrected chi connectivity index (χ3v) is 6.86. The highest BCUT2D eigenvalue weighted by atomic mass is 32.2. The zero-order valence-corrected chi connectivity index (χ0v) is 18.3. The summed E-state index contributed by atoms with van der Waals surface area (Å²) in [5.74, 6) is 2.95. The van der Waals surface area contributed by atoms with E-state index in [4.69, 9.17) is 5.73 Å². The molecule has 4 rings (SSSR count). The predicted molar refractivity (Wildman–Crippen MR) is 123 cm³/mol. The molecule has 2 saturated heterocycles. The molecule has 1 aromatic heterocycles. The lowest BCUT2D eigenvalue weighted by Crippen LogP contribution is -2.51. The van der Waals surface area contributed by atoms with Gasteiger partial charge in [-0.05, 0) is 25.0 Å². The van der Waals surface area contributed by atoms with Gasteiger partial charge in [-0.25, -0.2) is 4.98 Å². The summed E-state index contributed by atoms with van der Waals surface area (Å²) in [4.78, 5) is 21.2. The molecule has 2 atom stereocenters. The second-order valence-electron chi connectivity index (χ2n) is 8.06. The van der Waals surface area contributed by atoms with E-state index >= 15 is 0 Å². The van der Waals surface area contributed by atoms with Crippen LogP contribution in [0.4, 0.5) is 5.95 Å². The molecule has 0 aliphatic carbocycles. The van der Waals surface area contributed by atoms with Crippen LogP contribution in [-0.4, -0.2) is 70.3 Å². The van der Waals surface area contributed by atoms with Crippen molar-refractivity contribution in [3.63, 3.8) is 0 Å². The van der Waals surface area contributed by atoms with Crippen molar-refractivity contribution < 1.29 is 4.79 Å². The van der Waals surface area contributed by atoms with Gasteiger partial charge >= 0.3 is 0 Å². The van der Waals surface area contributed by atoms with Gasteiger partial charge < -0.3 is 20.9 Å². The molecule has 0 bridgehead atoms. The Morgan fingerprint density at radius 2 is 2.13 bits per heavy atom. The van der Waals surface area contributed by atoms with Crippen molar-refractivity contribution >= 4 is 23.6 Å². The van der Waals surface area contributed by atoms with E-state index in [0.717, 1.165) is 75.1 Å². The van der Waals surface area contributed by atoms with E-state index in [1.165, 1.54) is 0 Å². The lowest BCUT2D eigenvalue weighted by atomic mass is 10.0. The minimum atomic E-state index is -0.349. The number of hydrogen-bond donors (Lipinski definition) is 2. The molecule has 3 N–H and O–H groups in total. The van der Waals surface area contributed by atoms with Crippen molar-refractivity contribution in [3.8, 4) is 5.69 Å². The van der Waals surface area contributed by atoms with Gasteiger partial charge in [-0.2, -0.15) is 0 Å². The Morgan fingerprint density at radius 3 is 2.93 bits per heavy atom. The van der Waals surface area contributed by atoms with Gasteiger partial charge in [0, 0.05) is 56.1 Å². The van der Waals surface area contributed by atoms with Crippen molar-refractivity contribution in [3.05, 3.63) is 42.7 Å². The number of nitrogens with one attached hydrogen (secondary N) is 1. The van der Waals surface area contributed by atoms with Crippen LogP contribution in [0.1, 0.15) is 25.7 Å². The molecule has 1 aromatic carbocycles. The second kappa shape index (κ2) is 10.3. The van der Waals surface area contributed by atoms with Crippen LogP contribution >= 0.6 is 11.8 Å². The Hall–Kier alpha value is -2.03. The fraction of sp³-hybridized carbons (Fsp3) is 0.545. The highest BCUT2D eigenvalue weighted by Gasteiger charge is 2.25. The summed E-state index contributed by atoms with van der Waals surface area (Å²) in [6, 6.07) is 10.4. The Kier molecular flexibility index (Phi) is 7.30. The van der Waals surface area contributed by atoms with Crippen LogP contribution in [0.2, 0.25) is 0 Å². The zero-order chi connectivity index (χ0) is 20.8. The Morgan fingerprint density at radius 1 is 1.27 bits per heavy atom. The normalized spacial score (nSPS) is 20.5. The number of benzene rings is 1. The molecule has 2 aromatic rings. The average Bonchev–Trinajstić information content (AvgIpc) is 3.49. The topological polar surface area (TPSA) is 79.4 Å². The Balaban J connectivity index is 1.24. The first-order valence-corrected chi connectivity index (χ1v) is 12.1. The summed E-state index contributed by atoms with van der Waals surface area (Å²) >= 11 is 1.80. The molecule has 1 unspecified atom stereocenters. The molecule has 0 saturated carbocycles. The van der Waals surface area contributed by atoms with Crippen LogP contribution in [0.3, 0.4) is 0 Å². The fourth-order valence-corrected chi connectivity index (χ4v) is 5.18. The van der Waals surface area contributed by atoms with Gasteiger partial charge in [0.15, 0.2) is 0 Å². The number of hydrogen-bond acceptors (Lipinski definition) is 6. The number of unbranched alkanes of at least 4 members (excludes halogenated alkanes) is 1. The quantitative estimate of drug-likeness (QED) is 0.627. The number of para-hydroxylation sites is 1. The molecule has 7 nitrogen and oxygen atoms in total. The molecule has 0 spiro atoms. The van der Waals surface area contributed by atoms with Crippen LogP contribution in [0, 0.1) is 0 Å². The summed E-state index contributed by atoms with van der Waals surface area (Å²) in [5, 5.41) is 3.64. The predicted octanol–water partition coefficient (Wildman–Crippen LogP) is 2.07. The van der Waals surface area contributed by atoms with Crippen LogP contribution in [0.5, 0.6) is 0 Å². The SMILES string of the molecule is N[C@@H](CCCCC1CN(c2nccn2-c2ccccc2)CCN1)C(=O)N1CCSC1. The Labute approximate surface area is 183 Å². The van der Waals surface area contributed by atoms with Crippen LogP contribution in [0.25, 0.3) is 5.69 Å². The van der Waals surface area contributed by atoms with Crippen molar-refractivity contribution in [2.75, 3.05) is 42.7 Å². The number of aromatic nitrogens is 2. The summed E-state index contributed by atoms with van der Waals surface area (Å²) in [7, 11) is 0. The molecule has 2 aliphatic rings. The van der Waals surface area contributed by atoms with Gasteiger partial charge in [0.1, 0.15) is 0 Å². The highest BCUT2D eigenvalue weighted by Crippen LogP contribution is 2.21. The van der Waals surface area contributed by atoms with Crippen molar-refractivity contribution in [1.29, 1.82) is 0 Å². The molecule has 162 valence electrons. The monoisotopic (exact) mass is 428 g/mol. The number of rotatable bonds is 8. The minimum Gasteiger partial charge on any atom is -0.339 e. The van der Waals surface area contributed by atoms with Crippen molar-refractivity contribution in [1.82, 2.24) is 19.8 Å². The number of carbonyl (C=O) groups excluding carboxylic acids is 1. The van der Waals surface area contributed by atoms with E-state index in [1.54, 1.807) is 11.8 Å². The molecule has 30 heavy (non-hydrogen) atoms. The number of imidazole rings is 1. The van der Waals surface area contributed by atoms with Crippen molar-refractivity contribution in [2.45, 2.75) is 37.8 Å². The Bertz CT molecular complexity index is 807. The lowest BCUT2D eigenvalue weighted by Gasteiger charge is -2.34. The van der Waals surface area contributed by atoms with Gasteiger partial charge in [-0.3, -0.25) is 9.36 Å². The van der Waals surface area contributed by atoms with Crippen LogP contribution < -0.4 is 16.0 Å². The van der Waals surface area contributed by atoms with Crippen LogP contribution in [0.15, 0.2) is 42.7 Å². The van der Waals surface area contributed by atoms with E-state index in [0.29, 0.717) is 6.04 Å². The zero-order valence-electron chi connectivity index (χ0n) is 17.4. The second-order valence-corrected chi connectivity index (χ2v) is 9.13. The van der Waals surface area contributed by atoms with Crippen molar-refractivity contribution in [2.24, 2.45) is 5.73 Å². The van der Waals surface area contributed by atoms with Gasteiger partial charge in [-0.15, -0.1) is 11.8 Å². The maximum absolute atomic E-state index is 12.3. The molecule has 2 aliphatic heterocycles. The molecule has 0 radical (unpaired) electrons. The van der Waals surface area contributed by atoms with Gasteiger partial charge in [-0.1, -0.05) is 31.0 Å². The fourth-order valence-electron chi connectivity index (χ4n) is 4.22. The van der Waals surface area contributed by atoms with Crippen LogP contribution in [-0.2, 0) is 4.79 Å². The number of amides is 1. The molecule has 8 heteroatoms. The number of piperazine rings is 1. The van der Waals surface area contributed by atoms with Gasteiger partial charge in [0.05, 0.1) is 11.9 Å². The molecular weight excluding hydrogens is 396 g/mol. The lowest BCUT2D eigenvalue weighted by molar-refractivity contribution is -0.131. The first kappa shape index (κ1) is 21.2.